The lowest BCUT2D eigenvalue weighted by atomic mass is 10.1. The second-order valence-electron chi connectivity index (χ2n) is 6.16. The quantitative estimate of drug-likeness (QED) is 0.668. The van der Waals surface area contributed by atoms with Crippen LogP contribution in [0, 0.1) is 16.0 Å². The number of hydrogen-bond donors (Lipinski definition) is 1. The topological polar surface area (TPSA) is 78.7 Å². The Balaban J connectivity index is 1.81. The third-order valence-corrected chi connectivity index (χ3v) is 3.99. The second kappa shape index (κ2) is 7.80. The van der Waals surface area contributed by atoms with Gasteiger partial charge in [0.1, 0.15) is 0 Å². The molecule has 1 N–H and O–H groups in total. The van der Waals surface area contributed by atoms with E-state index in [-0.39, 0.29) is 11.7 Å². The number of urea groups is 1. The maximum absolute atomic E-state index is 12.1. The SMILES string of the molecule is CC(C)CCNC(=O)N1CCN(c2ccc([N+](=O)[O-])cc2)CC1. The lowest BCUT2D eigenvalue weighted by Crippen LogP contribution is -2.52. The van der Waals surface area contributed by atoms with Crippen molar-refractivity contribution in [1.82, 2.24) is 10.2 Å². The third-order valence-electron chi connectivity index (χ3n) is 3.99. The number of nitrogens with one attached hydrogen (secondary N) is 1. The molecule has 7 heteroatoms. The van der Waals surface area contributed by atoms with Crippen molar-refractivity contribution in [3.05, 3.63) is 34.4 Å². The number of anilines is 1. The van der Waals surface area contributed by atoms with E-state index < -0.39 is 4.92 Å². The van der Waals surface area contributed by atoms with Gasteiger partial charge in [-0.05, 0) is 24.5 Å². The molecular weight excluding hydrogens is 296 g/mol. The van der Waals surface area contributed by atoms with Gasteiger partial charge in [-0.2, -0.15) is 0 Å². The molecule has 23 heavy (non-hydrogen) atoms. The van der Waals surface area contributed by atoms with Crippen LogP contribution in [-0.2, 0) is 0 Å². The van der Waals surface area contributed by atoms with E-state index in [9.17, 15) is 14.9 Å². The zero-order valence-electron chi connectivity index (χ0n) is 13.7. The molecule has 0 radical (unpaired) electrons. The molecule has 1 aliphatic rings. The fourth-order valence-electron chi connectivity index (χ4n) is 2.53. The molecule has 1 heterocycles. The van der Waals surface area contributed by atoms with E-state index >= 15 is 0 Å². The Kier molecular flexibility index (Phi) is 5.78. The van der Waals surface area contributed by atoms with Crippen molar-refractivity contribution < 1.29 is 9.72 Å². The number of nitrogens with zero attached hydrogens (tertiary/aromatic N) is 3. The minimum atomic E-state index is -0.400. The maximum Gasteiger partial charge on any atom is 0.317 e. The van der Waals surface area contributed by atoms with Gasteiger partial charge in [0.05, 0.1) is 4.92 Å². The summed E-state index contributed by atoms with van der Waals surface area (Å²) in [6, 6.07) is 6.54. The van der Waals surface area contributed by atoms with Crippen LogP contribution in [0.1, 0.15) is 20.3 Å². The van der Waals surface area contributed by atoms with Gasteiger partial charge in [0, 0.05) is 50.5 Å². The van der Waals surface area contributed by atoms with Gasteiger partial charge < -0.3 is 15.1 Å². The van der Waals surface area contributed by atoms with Gasteiger partial charge in [0.25, 0.3) is 5.69 Å². The van der Waals surface area contributed by atoms with E-state index in [1.807, 2.05) is 4.90 Å². The van der Waals surface area contributed by atoms with Crippen molar-refractivity contribution in [1.29, 1.82) is 0 Å². The van der Waals surface area contributed by atoms with E-state index in [0.29, 0.717) is 25.6 Å². The van der Waals surface area contributed by atoms with Gasteiger partial charge in [-0.1, -0.05) is 13.8 Å². The molecule has 1 fully saturated rings. The lowest BCUT2D eigenvalue weighted by molar-refractivity contribution is -0.384. The Morgan fingerprint density at radius 1 is 1.22 bits per heavy atom. The highest BCUT2D eigenvalue weighted by molar-refractivity contribution is 5.74. The zero-order chi connectivity index (χ0) is 16.8. The van der Waals surface area contributed by atoms with Gasteiger partial charge in [0.2, 0.25) is 0 Å². The van der Waals surface area contributed by atoms with Crippen molar-refractivity contribution in [2.45, 2.75) is 20.3 Å². The number of piperazine rings is 1. The first-order valence-electron chi connectivity index (χ1n) is 7.99. The first-order chi connectivity index (χ1) is 11.0. The number of carbonyl (C=O) groups excluding carboxylic acids is 1. The Labute approximate surface area is 136 Å². The number of nitro groups is 1. The molecule has 1 aromatic carbocycles. The highest BCUT2D eigenvalue weighted by atomic mass is 16.6. The minimum Gasteiger partial charge on any atom is -0.368 e. The summed E-state index contributed by atoms with van der Waals surface area (Å²) in [7, 11) is 0. The molecule has 0 saturated carbocycles. The van der Waals surface area contributed by atoms with Crippen LogP contribution in [-0.4, -0.2) is 48.6 Å². The average molecular weight is 320 g/mol. The van der Waals surface area contributed by atoms with Crippen LogP contribution >= 0.6 is 0 Å². The molecule has 2 rings (SSSR count). The maximum atomic E-state index is 12.1. The molecule has 0 unspecified atom stereocenters. The molecule has 0 aromatic heterocycles. The number of benzene rings is 1. The van der Waals surface area contributed by atoms with Crippen LogP contribution in [0.4, 0.5) is 16.2 Å². The molecule has 1 aromatic rings. The van der Waals surface area contributed by atoms with Crippen LogP contribution in [0.2, 0.25) is 0 Å². The standard InChI is InChI=1S/C16H24N4O3/c1-13(2)7-8-17-16(21)19-11-9-18(10-12-19)14-3-5-15(6-4-14)20(22)23/h3-6,13H,7-12H2,1-2H3,(H,17,21). The Morgan fingerprint density at radius 3 is 2.35 bits per heavy atom. The Hall–Kier alpha value is -2.31. The predicted molar refractivity (Wildman–Crippen MR) is 89.7 cm³/mol. The van der Waals surface area contributed by atoms with Crippen LogP contribution in [0.3, 0.4) is 0 Å². The van der Waals surface area contributed by atoms with E-state index in [4.69, 9.17) is 0 Å². The summed E-state index contributed by atoms with van der Waals surface area (Å²) in [6.07, 6.45) is 0.981. The molecule has 1 aliphatic heterocycles. The summed E-state index contributed by atoms with van der Waals surface area (Å²) >= 11 is 0. The fourth-order valence-corrected chi connectivity index (χ4v) is 2.53. The molecular formula is C16H24N4O3. The molecule has 126 valence electrons. The monoisotopic (exact) mass is 320 g/mol. The van der Waals surface area contributed by atoms with Gasteiger partial charge in [-0.15, -0.1) is 0 Å². The van der Waals surface area contributed by atoms with Gasteiger partial charge in [0.15, 0.2) is 0 Å². The third kappa shape index (κ3) is 4.84. The summed E-state index contributed by atoms with van der Waals surface area (Å²) in [6.45, 7) is 7.75. The molecule has 0 atom stereocenters. The largest absolute Gasteiger partial charge is 0.368 e. The van der Waals surface area contributed by atoms with Crippen LogP contribution in [0.5, 0.6) is 0 Å². The number of nitro benzene ring substituents is 1. The molecule has 0 bridgehead atoms. The van der Waals surface area contributed by atoms with Gasteiger partial charge >= 0.3 is 6.03 Å². The van der Waals surface area contributed by atoms with Crippen LogP contribution in [0.25, 0.3) is 0 Å². The number of non-ortho nitro benzene ring substituents is 1. The summed E-state index contributed by atoms with van der Waals surface area (Å²) in [5.41, 5.74) is 1.05. The predicted octanol–water partition coefficient (Wildman–Crippen LogP) is 2.47. The first-order valence-corrected chi connectivity index (χ1v) is 7.99. The average Bonchev–Trinajstić information content (AvgIpc) is 2.54. The van der Waals surface area contributed by atoms with E-state index in [1.54, 1.807) is 12.1 Å². The second-order valence-corrected chi connectivity index (χ2v) is 6.16. The first kappa shape index (κ1) is 17.1. The van der Waals surface area contributed by atoms with E-state index in [1.165, 1.54) is 12.1 Å². The van der Waals surface area contributed by atoms with Crippen LogP contribution in [0.15, 0.2) is 24.3 Å². The zero-order valence-corrected chi connectivity index (χ0v) is 13.7. The Morgan fingerprint density at radius 2 is 1.83 bits per heavy atom. The summed E-state index contributed by atoms with van der Waals surface area (Å²) in [5.74, 6) is 0.578. The minimum absolute atomic E-state index is 0.00556. The van der Waals surface area contributed by atoms with E-state index in [2.05, 4.69) is 24.1 Å². The van der Waals surface area contributed by atoms with Crippen molar-refractivity contribution in [2.24, 2.45) is 5.92 Å². The summed E-state index contributed by atoms with van der Waals surface area (Å²) in [5, 5.41) is 13.6. The highest BCUT2D eigenvalue weighted by Crippen LogP contribution is 2.20. The lowest BCUT2D eigenvalue weighted by Gasteiger charge is -2.36. The molecule has 0 spiro atoms. The molecule has 1 saturated heterocycles. The fraction of sp³-hybridized carbons (Fsp3) is 0.562. The number of rotatable bonds is 5. The number of amides is 2. The van der Waals surface area contributed by atoms with Crippen molar-refractivity contribution >= 4 is 17.4 Å². The summed E-state index contributed by atoms with van der Waals surface area (Å²) in [4.78, 5) is 26.3. The molecule has 7 nitrogen and oxygen atoms in total. The molecule has 2 amide bonds. The smallest absolute Gasteiger partial charge is 0.317 e. The Bertz CT molecular complexity index is 537. The summed E-state index contributed by atoms with van der Waals surface area (Å²) < 4.78 is 0. The van der Waals surface area contributed by atoms with Gasteiger partial charge in [-0.25, -0.2) is 4.79 Å². The molecule has 0 aliphatic carbocycles. The van der Waals surface area contributed by atoms with Crippen molar-refractivity contribution in [3.63, 3.8) is 0 Å². The highest BCUT2D eigenvalue weighted by Gasteiger charge is 2.21. The number of carbonyl (C=O) groups is 1. The van der Waals surface area contributed by atoms with Crippen LogP contribution < -0.4 is 10.2 Å². The van der Waals surface area contributed by atoms with Crippen molar-refractivity contribution in [3.8, 4) is 0 Å². The normalized spacial score (nSPS) is 14.9. The van der Waals surface area contributed by atoms with E-state index in [0.717, 1.165) is 25.2 Å². The number of hydrogen-bond acceptors (Lipinski definition) is 4. The van der Waals surface area contributed by atoms with Crippen molar-refractivity contribution in [2.75, 3.05) is 37.6 Å². The van der Waals surface area contributed by atoms with Gasteiger partial charge in [-0.3, -0.25) is 10.1 Å².